The van der Waals surface area contributed by atoms with Crippen LogP contribution in [0.25, 0.3) is 0 Å². The maximum atomic E-state index is 9.86. The molecule has 0 saturated carbocycles. The van der Waals surface area contributed by atoms with Crippen molar-refractivity contribution < 1.29 is 9.84 Å². The predicted octanol–water partition coefficient (Wildman–Crippen LogP) is 3.81. The third kappa shape index (κ3) is 3.39. The third-order valence-electron chi connectivity index (χ3n) is 3.43. The van der Waals surface area contributed by atoms with Crippen LogP contribution in [0.15, 0.2) is 18.2 Å². The summed E-state index contributed by atoms with van der Waals surface area (Å²) in [6, 6.07) is 5.78. The van der Waals surface area contributed by atoms with Crippen LogP contribution in [0.2, 0.25) is 5.02 Å². The Balaban J connectivity index is 2.25. The van der Waals surface area contributed by atoms with Crippen molar-refractivity contribution in [2.24, 2.45) is 0 Å². The van der Waals surface area contributed by atoms with Crippen molar-refractivity contribution in [1.82, 2.24) is 9.78 Å². The molecule has 0 unspecified atom stereocenters. The molecule has 2 rings (SSSR count). The van der Waals surface area contributed by atoms with E-state index in [2.05, 4.69) is 5.10 Å². The van der Waals surface area contributed by atoms with Gasteiger partial charge in [0.25, 0.3) is 0 Å². The van der Waals surface area contributed by atoms with Crippen LogP contribution in [0.3, 0.4) is 0 Å². The number of aromatic nitrogens is 2. The van der Waals surface area contributed by atoms with Gasteiger partial charge in [-0.05, 0) is 39.8 Å². The molecule has 1 aromatic heterocycles. The van der Waals surface area contributed by atoms with E-state index in [4.69, 9.17) is 16.3 Å². The Morgan fingerprint density at radius 2 is 2.10 bits per heavy atom. The van der Waals surface area contributed by atoms with Crippen molar-refractivity contribution in [3.8, 4) is 5.75 Å². The molecule has 1 heterocycles. The first-order valence-electron chi connectivity index (χ1n) is 7.07. The molecule has 0 aliphatic carbocycles. The second kappa shape index (κ2) is 6.50. The summed E-state index contributed by atoms with van der Waals surface area (Å²) in [6.07, 6.45) is -0.576. The van der Waals surface area contributed by atoms with Gasteiger partial charge in [0.15, 0.2) is 0 Å². The summed E-state index contributed by atoms with van der Waals surface area (Å²) in [4.78, 5) is 0. The molecule has 1 atom stereocenters. The number of hydrogen-bond acceptors (Lipinski definition) is 3. The zero-order valence-corrected chi connectivity index (χ0v) is 13.6. The van der Waals surface area contributed by atoms with E-state index >= 15 is 0 Å². The zero-order valence-electron chi connectivity index (χ0n) is 12.9. The van der Waals surface area contributed by atoms with Gasteiger partial charge in [-0.2, -0.15) is 5.10 Å². The van der Waals surface area contributed by atoms with Crippen LogP contribution in [-0.2, 0) is 13.2 Å². The first-order valence-corrected chi connectivity index (χ1v) is 7.45. The molecule has 4 nitrogen and oxygen atoms in total. The first kappa shape index (κ1) is 15.9. The summed E-state index contributed by atoms with van der Waals surface area (Å²) >= 11 is 6.27. The molecule has 0 radical (unpaired) electrons. The van der Waals surface area contributed by atoms with Crippen molar-refractivity contribution in [3.63, 3.8) is 0 Å². The van der Waals surface area contributed by atoms with Gasteiger partial charge >= 0.3 is 0 Å². The Morgan fingerprint density at radius 1 is 1.38 bits per heavy atom. The number of aliphatic hydroxyl groups excluding tert-OH is 1. The predicted molar refractivity (Wildman–Crippen MR) is 83.8 cm³/mol. The Kier molecular flexibility index (Phi) is 4.91. The molecular weight excluding hydrogens is 288 g/mol. The molecule has 114 valence electrons. The topological polar surface area (TPSA) is 47.3 Å². The lowest BCUT2D eigenvalue weighted by Gasteiger charge is -2.15. The summed E-state index contributed by atoms with van der Waals surface area (Å²) in [5.74, 6) is 0.674. The summed E-state index contributed by atoms with van der Waals surface area (Å²) in [6.45, 7) is 8.68. The smallest absolute Gasteiger partial charge is 0.131 e. The highest BCUT2D eigenvalue weighted by atomic mass is 35.5. The minimum absolute atomic E-state index is 0.330. The van der Waals surface area contributed by atoms with Crippen LogP contribution >= 0.6 is 11.6 Å². The van der Waals surface area contributed by atoms with E-state index in [-0.39, 0.29) is 0 Å². The van der Waals surface area contributed by atoms with Crippen LogP contribution in [-0.4, -0.2) is 14.9 Å². The Morgan fingerprint density at radius 3 is 2.71 bits per heavy atom. The van der Waals surface area contributed by atoms with E-state index in [1.54, 1.807) is 6.92 Å². The standard InChI is InChI=1S/C16H21ClN2O2/c1-5-19-14(16(17)11(3)18-19)9-21-15-7-6-10(2)8-13(15)12(4)20/h6-8,12,20H,5,9H2,1-4H3/t12-/m1/s1. The molecule has 0 aliphatic rings. The van der Waals surface area contributed by atoms with Crippen molar-refractivity contribution in [2.45, 2.75) is 47.0 Å². The molecule has 2 aromatic rings. The minimum atomic E-state index is -0.576. The zero-order chi connectivity index (χ0) is 15.6. The quantitative estimate of drug-likeness (QED) is 0.913. The van der Waals surface area contributed by atoms with E-state index < -0.39 is 6.10 Å². The number of nitrogens with zero attached hydrogens (tertiary/aromatic N) is 2. The molecular formula is C16H21ClN2O2. The van der Waals surface area contributed by atoms with Gasteiger partial charge in [-0.15, -0.1) is 0 Å². The molecule has 1 N–H and O–H groups in total. The Hall–Kier alpha value is -1.52. The fourth-order valence-electron chi connectivity index (χ4n) is 2.28. The maximum absolute atomic E-state index is 9.86. The number of benzene rings is 1. The summed E-state index contributed by atoms with van der Waals surface area (Å²) in [5, 5.41) is 14.9. The van der Waals surface area contributed by atoms with E-state index in [9.17, 15) is 5.11 Å². The molecule has 0 saturated heterocycles. The van der Waals surface area contributed by atoms with Crippen LogP contribution in [0.5, 0.6) is 5.75 Å². The third-order valence-corrected chi connectivity index (χ3v) is 3.92. The molecule has 0 aliphatic heterocycles. The lowest BCUT2D eigenvalue weighted by molar-refractivity contribution is 0.189. The van der Waals surface area contributed by atoms with Crippen molar-refractivity contribution in [2.75, 3.05) is 0 Å². The fourth-order valence-corrected chi connectivity index (χ4v) is 2.47. The van der Waals surface area contributed by atoms with Crippen LogP contribution in [0.1, 0.15) is 42.5 Å². The number of aryl methyl sites for hydroxylation is 3. The van der Waals surface area contributed by atoms with Crippen molar-refractivity contribution in [1.29, 1.82) is 0 Å². The van der Waals surface area contributed by atoms with E-state index in [0.29, 0.717) is 17.4 Å². The maximum Gasteiger partial charge on any atom is 0.131 e. The highest BCUT2D eigenvalue weighted by Crippen LogP contribution is 2.28. The highest BCUT2D eigenvalue weighted by Gasteiger charge is 2.15. The summed E-state index contributed by atoms with van der Waals surface area (Å²) < 4.78 is 7.71. The van der Waals surface area contributed by atoms with Gasteiger partial charge in [0.2, 0.25) is 0 Å². The molecule has 5 heteroatoms. The minimum Gasteiger partial charge on any atom is -0.487 e. The monoisotopic (exact) mass is 308 g/mol. The van der Waals surface area contributed by atoms with E-state index in [1.807, 2.05) is 43.7 Å². The average Bonchev–Trinajstić information content (AvgIpc) is 2.72. The number of ether oxygens (including phenoxy) is 1. The van der Waals surface area contributed by atoms with Gasteiger partial charge in [-0.1, -0.05) is 23.2 Å². The van der Waals surface area contributed by atoms with Gasteiger partial charge < -0.3 is 9.84 Å². The second-order valence-electron chi connectivity index (χ2n) is 5.17. The van der Waals surface area contributed by atoms with Crippen LogP contribution in [0.4, 0.5) is 0 Å². The number of halogens is 1. The van der Waals surface area contributed by atoms with Crippen LogP contribution in [0, 0.1) is 13.8 Å². The van der Waals surface area contributed by atoms with Gasteiger partial charge in [-0.3, -0.25) is 4.68 Å². The van der Waals surface area contributed by atoms with Gasteiger partial charge in [0.05, 0.1) is 22.5 Å². The average molecular weight is 309 g/mol. The first-order chi connectivity index (χ1) is 9.93. The van der Waals surface area contributed by atoms with Gasteiger partial charge in [0, 0.05) is 12.1 Å². The summed E-state index contributed by atoms with van der Waals surface area (Å²) in [5.41, 5.74) is 3.53. The van der Waals surface area contributed by atoms with E-state index in [0.717, 1.165) is 29.1 Å². The SMILES string of the molecule is CCn1nc(C)c(Cl)c1COc1ccc(C)cc1[C@@H](C)O. The number of aliphatic hydroxyl groups is 1. The lowest BCUT2D eigenvalue weighted by Crippen LogP contribution is -2.08. The number of hydrogen-bond donors (Lipinski definition) is 1. The molecule has 0 fully saturated rings. The number of rotatable bonds is 5. The van der Waals surface area contributed by atoms with Crippen molar-refractivity contribution in [3.05, 3.63) is 45.7 Å². The molecule has 0 amide bonds. The highest BCUT2D eigenvalue weighted by molar-refractivity contribution is 6.31. The van der Waals surface area contributed by atoms with Crippen LogP contribution < -0.4 is 4.74 Å². The van der Waals surface area contributed by atoms with E-state index in [1.165, 1.54) is 0 Å². The second-order valence-corrected chi connectivity index (χ2v) is 5.55. The van der Waals surface area contributed by atoms with Crippen molar-refractivity contribution >= 4 is 11.6 Å². The molecule has 21 heavy (non-hydrogen) atoms. The summed E-state index contributed by atoms with van der Waals surface area (Å²) in [7, 11) is 0. The Labute approximate surface area is 130 Å². The van der Waals surface area contributed by atoms with Gasteiger partial charge in [-0.25, -0.2) is 0 Å². The fraction of sp³-hybridized carbons (Fsp3) is 0.438. The molecule has 0 bridgehead atoms. The lowest BCUT2D eigenvalue weighted by atomic mass is 10.1. The molecule has 1 aromatic carbocycles. The normalized spacial score (nSPS) is 12.5. The Bertz CT molecular complexity index is 635. The van der Waals surface area contributed by atoms with Gasteiger partial charge in [0.1, 0.15) is 12.4 Å². The molecule has 0 spiro atoms. The largest absolute Gasteiger partial charge is 0.487 e.